The molecule has 0 fully saturated rings. The van der Waals surface area contributed by atoms with Gasteiger partial charge in [-0.3, -0.25) is 4.79 Å². The van der Waals surface area contributed by atoms with Crippen molar-refractivity contribution in [3.63, 3.8) is 0 Å². The van der Waals surface area contributed by atoms with Crippen molar-refractivity contribution in [2.24, 2.45) is 0 Å². The molecular formula is C32H27Cl2NO3. The van der Waals surface area contributed by atoms with Crippen molar-refractivity contribution < 1.29 is 14.3 Å². The van der Waals surface area contributed by atoms with Crippen LogP contribution < -0.4 is 14.8 Å². The van der Waals surface area contributed by atoms with Crippen molar-refractivity contribution in [3.05, 3.63) is 105 Å². The molecule has 0 spiro atoms. The first-order valence-corrected chi connectivity index (χ1v) is 13.7. The zero-order valence-corrected chi connectivity index (χ0v) is 22.5. The lowest BCUT2D eigenvalue weighted by Crippen LogP contribution is -2.27. The molecule has 0 unspecified atom stereocenters. The predicted molar refractivity (Wildman–Crippen MR) is 154 cm³/mol. The number of anilines is 1. The van der Waals surface area contributed by atoms with E-state index >= 15 is 0 Å². The summed E-state index contributed by atoms with van der Waals surface area (Å²) in [5, 5.41) is 7.20. The summed E-state index contributed by atoms with van der Waals surface area (Å²) in [4.78, 5) is 13.3. The molecule has 1 aliphatic heterocycles. The zero-order valence-electron chi connectivity index (χ0n) is 21.0. The van der Waals surface area contributed by atoms with Gasteiger partial charge in [-0.2, -0.15) is 0 Å². The standard InChI is InChI=1S/C32H27Cl2NO3/c1-2-37-29-16-20(12-15-28(29)38-18-21-10-13-22(33)17-26(21)34)31-30-24(8-5-9-27(30)36)25-14-11-19-6-3-4-7-23(19)32(25)35-31/h3-4,6-7,10-17,31,35H,2,5,8-9,18H2,1H3/t31-/m0/s1. The molecule has 0 saturated carbocycles. The summed E-state index contributed by atoms with van der Waals surface area (Å²) >= 11 is 12.4. The van der Waals surface area contributed by atoms with Crippen molar-refractivity contribution >= 4 is 51.0 Å². The normalized spacial score (nSPS) is 16.6. The number of hydrogen-bond donors (Lipinski definition) is 1. The van der Waals surface area contributed by atoms with E-state index in [1.807, 2.05) is 37.3 Å². The van der Waals surface area contributed by atoms with Crippen LogP contribution in [0.2, 0.25) is 10.0 Å². The third-order valence-corrected chi connectivity index (χ3v) is 7.87. The molecule has 0 aromatic heterocycles. The van der Waals surface area contributed by atoms with Crippen LogP contribution in [-0.4, -0.2) is 12.4 Å². The maximum absolute atomic E-state index is 13.3. The maximum atomic E-state index is 13.3. The number of fused-ring (bicyclic) bond motifs is 4. The van der Waals surface area contributed by atoms with Crippen molar-refractivity contribution in [3.8, 4) is 11.5 Å². The highest BCUT2D eigenvalue weighted by molar-refractivity contribution is 6.35. The number of hydrogen-bond acceptors (Lipinski definition) is 4. The number of carbonyl (C=O) groups is 1. The first kappa shape index (κ1) is 24.8. The number of nitrogens with one attached hydrogen (secondary N) is 1. The SMILES string of the molecule is CCOc1cc([C@@H]2Nc3c(ccc4ccccc34)C3=C2C(=O)CCC3)ccc1OCc1ccc(Cl)cc1Cl. The molecule has 6 rings (SSSR count). The fraction of sp³-hybridized carbons (Fsp3) is 0.219. The van der Waals surface area contributed by atoms with E-state index in [1.54, 1.807) is 12.1 Å². The fourth-order valence-electron chi connectivity index (χ4n) is 5.51. The van der Waals surface area contributed by atoms with Crippen LogP contribution in [-0.2, 0) is 11.4 Å². The summed E-state index contributed by atoms with van der Waals surface area (Å²) in [5.74, 6) is 1.46. The molecule has 0 saturated heterocycles. The van der Waals surface area contributed by atoms with Gasteiger partial charge in [0.1, 0.15) is 6.61 Å². The van der Waals surface area contributed by atoms with Gasteiger partial charge in [0, 0.05) is 38.6 Å². The van der Waals surface area contributed by atoms with E-state index < -0.39 is 0 Å². The molecular weight excluding hydrogens is 517 g/mol. The number of allylic oxidation sites excluding steroid dienone is 1. The van der Waals surface area contributed by atoms with Crippen LogP contribution in [0, 0.1) is 0 Å². The van der Waals surface area contributed by atoms with E-state index in [9.17, 15) is 4.79 Å². The minimum absolute atomic E-state index is 0.207. The Morgan fingerprint density at radius 3 is 2.63 bits per heavy atom. The molecule has 1 heterocycles. The summed E-state index contributed by atoms with van der Waals surface area (Å²) in [6, 6.07) is 23.7. The quantitative estimate of drug-likeness (QED) is 0.264. The van der Waals surface area contributed by atoms with Gasteiger partial charge in [0.25, 0.3) is 0 Å². The van der Waals surface area contributed by atoms with Gasteiger partial charge >= 0.3 is 0 Å². The lowest BCUT2D eigenvalue weighted by atomic mass is 9.77. The minimum Gasteiger partial charge on any atom is -0.490 e. The largest absolute Gasteiger partial charge is 0.490 e. The van der Waals surface area contributed by atoms with Crippen LogP contribution in [0.5, 0.6) is 11.5 Å². The Hall–Kier alpha value is -3.47. The summed E-state index contributed by atoms with van der Waals surface area (Å²) in [6.07, 6.45) is 2.34. The first-order valence-electron chi connectivity index (χ1n) is 12.9. The molecule has 1 atom stereocenters. The number of benzene rings is 4. The highest BCUT2D eigenvalue weighted by atomic mass is 35.5. The topological polar surface area (TPSA) is 47.6 Å². The summed E-state index contributed by atoms with van der Waals surface area (Å²) in [5.41, 5.74) is 6.03. The summed E-state index contributed by atoms with van der Waals surface area (Å²) in [6.45, 7) is 2.71. The lowest BCUT2D eigenvalue weighted by Gasteiger charge is -2.35. The number of ether oxygens (including phenoxy) is 2. The number of halogens is 2. The fourth-order valence-corrected chi connectivity index (χ4v) is 5.97. The molecule has 1 N–H and O–H groups in total. The second-order valence-electron chi connectivity index (χ2n) is 9.62. The van der Waals surface area contributed by atoms with Gasteiger partial charge < -0.3 is 14.8 Å². The van der Waals surface area contributed by atoms with Gasteiger partial charge in [-0.15, -0.1) is 0 Å². The van der Waals surface area contributed by atoms with Gasteiger partial charge in [-0.25, -0.2) is 0 Å². The molecule has 0 amide bonds. The number of rotatable bonds is 6. The zero-order chi connectivity index (χ0) is 26.2. The summed E-state index contributed by atoms with van der Waals surface area (Å²) in [7, 11) is 0. The molecule has 0 radical (unpaired) electrons. The van der Waals surface area contributed by atoms with Gasteiger partial charge in [0.05, 0.1) is 18.3 Å². The van der Waals surface area contributed by atoms with Gasteiger partial charge in [-0.1, -0.05) is 71.7 Å². The number of carbonyl (C=O) groups excluding carboxylic acids is 1. The second kappa shape index (κ2) is 10.4. The third-order valence-electron chi connectivity index (χ3n) is 7.29. The van der Waals surface area contributed by atoms with Crippen LogP contribution in [0.3, 0.4) is 0 Å². The van der Waals surface area contributed by atoms with Gasteiger partial charge in [0.15, 0.2) is 17.3 Å². The highest BCUT2D eigenvalue weighted by Crippen LogP contribution is 2.48. The van der Waals surface area contributed by atoms with E-state index in [0.717, 1.165) is 51.8 Å². The second-order valence-corrected chi connectivity index (χ2v) is 10.5. The maximum Gasteiger partial charge on any atom is 0.161 e. The Labute approximate surface area is 232 Å². The average Bonchev–Trinajstić information content (AvgIpc) is 2.93. The summed E-state index contributed by atoms with van der Waals surface area (Å²) < 4.78 is 12.1. The third kappa shape index (κ3) is 4.53. The van der Waals surface area contributed by atoms with E-state index in [2.05, 4.69) is 35.6 Å². The van der Waals surface area contributed by atoms with Gasteiger partial charge in [0.2, 0.25) is 0 Å². The molecule has 192 valence electrons. The van der Waals surface area contributed by atoms with Crippen molar-refractivity contribution in [2.75, 3.05) is 11.9 Å². The van der Waals surface area contributed by atoms with E-state index in [-0.39, 0.29) is 18.4 Å². The van der Waals surface area contributed by atoms with Crippen molar-refractivity contribution in [2.45, 2.75) is 38.8 Å². The Bertz CT molecular complexity index is 1590. The molecule has 0 bridgehead atoms. The Kier molecular flexibility index (Phi) is 6.77. The molecule has 1 aliphatic carbocycles. The van der Waals surface area contributed by atoms with E-state index in [1.165, 1.54) is 5.39 Å². The van der Waals surface area contributed by atoms with Gasteiger partial charge in [-0.05, 0) is 60.6 Å². The molecule has 4 aromatic rings. The molecule has 38 heavy (non-hydrogen) atoms. The van der Waals surface area contributed by atoms with E-state index in [0.29, 0.717) is 34.6 Å². The Balaban J connectivity index is 1.39. The average molecular weight is 544 g/mol. The minimum atomic E-state index is -0.268. The monoisotopic (exact) mass is 543 g/mol. The van der Waals surface area contributed by atoms with Crippen molar-refractivity contribution in [1.29, 1.82) is 0 Å². The molecule has 2 aliphatic rings. The van der Waals surface area contributed by atoms with Crippen LogP contribution in [0.4, 0.5) is 5.69 Å². The Morgan fingerprint density at radius 1 is 0.921 bits per heavy atom. The molecule has 4 nitrogen and oxygen atoms in total. The number of ketones is 1. The van der Waals surface area contributed by atoms with Crippen LogP contribution in [0.15, 0.2) is 78.4 Å². The van der Waals surface area contributed by atoms with Crippen LogP contribution in [0.25, 0.3) is 16.3 Å². The highest BCUT2D eigenvalue weighted by Gasteiger charge is 2.35. The molecule has 4 aromatic carbocycles. The predicted octanol–water partition coefficient (Wildman–Crippen LogP) is 8.80. The van der Waals surface area contributed by atoms with E-state index in [4.69, 9.17) is 32.7 Å². The first-order chi connectivity index (χ1) is 18.5. The smallest absolute Gasteiger partial charge is 0.161 e. The Morgan fingerprint density at radius 2 is 1.79 bits per heavy atom. The van der Waals surface area contributed by atoms with Crippen LogP contribution in [0.1, 0.15) is 48.9 Å². The van der Waals surface area contributed by atoms with Crippen molar-refractivity contribution in [1.82, 2.24) is 0 Å². The van der Waals surface area contributed by atoms with Crippen LogP contribution >= 0.6 is 23.2 Å². The lowest BCUT2D eigenvalue weighted by molar-refractivity contribution is -0.116. The number of Topliss-reactive ketones (excluding diaryl/α,β-unsaturated/α-hetero) is 1. The molecule has 6 heteroatoms.